The largest absolute Gasteiger partial charge is 0.378 e. The normalized spacial score (nSPS) is 20.2. The average molecular weight is 348 g/mol. The molecular formula is C18H28N4O3. The van der Waals surface area contributed by atoms with Gasteiger partial charge in [0.1, 0.15) is 5.69 Å². The van der Waals surface area contributed by atoms with Crippen LogP contribution in [-0.2, 0) is 22.5 Å². The fourth-order valence-electron chi connectivity index (χ4n) is 3.71. The summed E-state index contributed by atoms with van der Waals surface area (Å²) in [5.41, 5.74) is 1.54. The Labute approximate surface area is 148 Å². The second kappa shape index (κ2) is 7.99. The number of aromatic nitrogens is 2. The molecule has 1 atom stereocenters. The first kappa shape index (κ1) is 17.9. The predicted molar refractivity (Wildman–Crippen MR) is 93.3 cm³/mol. The van der Waals surface area contributed by atoms with Crippen LogP contribution < -0.4 is 0 Å². The lowest BCUT2D eigenvalue weighted by atomic mass is 9.95. The number of amides is 2. The zero-order valence-corrected chi connectivity index (χ0v) is 15.2. The molecule has 1 fully saturated rings. The van der Waals surface area contributed by atoms with Gasteiger partial charge in [0, 0.05) is 32.7 Å². The zero-order valence-electron chi connectivity index (χ0n) is 15.2. The Balaban J connectivity index is 1.70. The minimum absolute atomic E-state index is 0.0102. The van der Waals surface area contributed by atoms with E-state index in [2.05, 4.69) is 11.9 Å². The first-order valence-corrected chi connectivity index (χ1v) is 9.35. The van der Waals surface area contributed by atoms with Crippen molar-refractivity contribution < 1.29 is 14.3 Å². The number of rotatable bonds is 5. The van der Waals surface area contributed by atoms with E-state index in [4.69, 9.17) is 4.74 Å². The van der Waals surface area contributed by atoms with Gasteiger partial charge in [-0.15, -0.1) is 0 Å². The summed E-state index contributed by atoms with van der Waals surface area (Å²) in [7, 11) is 0. The van der Waals surface area contributed by atoms with Crippen LogP contribution in [0, 0.1) is 5.92 Å². The third-order valence-corrected chi connectivity index (χ3v) is 5.13. The van der Waals surface area contributed by atoms with Crippen LogP contribution in [0.5, 0.6) is 0 Å². The summed E-state index contributed by atoms with van der Waals surface area (Å²) in [6.07, 6.45) is 4.17. The van der Waals surface area contributed by atoms with Crippen molar-refractivity contribution in [1.82, 2.24) is 19.4 Å². The molecule has 2 aliphatic heterocycles. The molecule has 3 heterocycles. The van der Waals surface area contributed by atoms with E-state index in [0.29, 0.717) is 45.1 Å². The summed E-state index contributed by atoms with van der Waals surface area (Å²) in [5.74, 6) is 0.188. The fraction of sp³-hybridized carbons (Fsp3) is 0.722. The summed E-state index contributed by atoms with van der Waals surface area (Å²) in [4.78, 5) is 33.6. The number of imidazole rings is 1. The molecule has 25 heavy (non-hydrogen) atoms. The summed E-state index contributed by atoms with van der Waals surface area (Å²) < 4.78 is 7.32. The smallest absolute Gasteiger partial charge is 0.274 e. The van der Waals surface area contributed by atoms with Gasteiger partial charge in [0.2, 0.25) is 5.91 Å². The monoisotopic (exact) mass is 348 g/mol. The fourth-order valence-corrected chi connectivity index (χ4v) is 3.71. The van der Waals surface area contributed by atoms with Gasteiger partial charge in [-0.3, -0.25) is 9.59 Å². The number of carbonyl (C=O) groups excluding carboxylic acids is 2. The molecule has 1 aromatic heterocycles. The van der Waals surface area contributed by atoms with Crippen LogP contribution in [0.25, 0.3) is 0 Å². The maximum atomic E-state index is 12.7. The Morgan fingerprint density at radius 3 is 2.76 bits per heavy atom. The Hall–Kier alpha value is -1.89. The van der Waals surface area contributed by atoms with Crippen molar-refractivity contribution in [3.8, 4) is 0 Å². The van der Waals surface area contributed by atoms with E-state index in [1.54, 1.807) is 6.33 Å². The van der Waals surface area contributed by atoms with Gasteiger partial charge in [0.05, 0.1) is 31.2 Å². The van der Waals surface area contributed by atoms with Gasteiger partial charge in [-0.05, 0) is 26.2 Å². The van der Waals surface area contributed by atoms with Gasteiger partial charge in [-0.25, -0.2) is 4.98 Å². The summed E-state index contributed by atoms with van der Waals surface area (Å²) in [6.45, 7) is 8.72. The number of nitrogens with zero attached hydrogens (tertiary/aromatic N) is 4. The third-order valence-electron chi connectivity index (χ3n) is 5.13. The lowest BCUT2D eigenvalue weighted by molar-refractivity contribution is -0.140. The highest BCUT2D eigenvalue weighted by atomic mass is 16.5. The molecule has 7 heteroatoms. The molecule has 138 valence electrons. The number of hydrogen-bond donors (Lipinski definition) is 0. The number of carbonyl (C=O) groups is 2. The van der Waals surface area contributed by atoms with E-state index < -0.39 is 0 Å². The molecule has 7 nitrogen and oxygen atoms in total. The van der Waals surface area contributed by atoms with Crippen LogP contribution in [0.1, 0.15) is 42.9 Å². The molecule has 0 aromatic carbocycles. The molecule has 1 saturated heterocycles. The molecule has 0 spiro atoms. The SMILES string of the molecule is CCCN(CC)C(=O)c1ncn2c1CCC(C(=O)N1CCOCC1)C2. The Morgan fingerprint density at radius 1 is 1.32 bits per heavy atom. The minimum atomic E-state index is -0.0272. The number of ether oxygens (including phenoxy) is 1. The lowest BCUT2D eigenvalue weighted by Crippen LogP contribution is -2.45. The van der Waals surface area contributed by atoms with E-state index >= 15 is 0 Å². The highest BCUT2D eigenvalue weighted by Gasteiger charge is 2.32. The highest BCUT2D eigenvalue weighted by molar-refractivity contribution is 5.93. The standard InChI is InChI=1S/C18H28N4O3/c1-3-7-20(4-2)18(24)16-15-6-5-14(12-22(15)13-19-16)17(23)21-8-10-25-11-9-21/h13-14H,3-12H2,1-2H3. The van der Waals surface area contributed by atoms with Crippen molar-refractivity contribution in [2.24, 2.45) is 5.92 Å². The molecule has 0 aliphatic carbocycles. The first-order chi connectivity index (χ1) is 12.2. The molecule has 2 amide bonds. The van der Waals surface area contributed by atoms with Gasteiger partial charge in [-0.1, -0.05) is 6.92 Å². The Bertz CT molecular complexity index is 622. The second-order valence-corrected chi connectivity index (χ2v) is 6.75. The maximum Gasteiger partial charge on any atom is 0.274 e. The van der Waals surface area contributed by atoms with Crippen molar-refractivity contribution >= 4 is 11.8 Å². The first-order valence-electron chi connectivity index (χ1n) is 9.35. The Morgan fingerprint density at radius 2 is 2.08 bits per heavy atom. The summed E-state index contributed by atoms with van der Waals surface area (Å²) >= 11 is 0. The molecule has 0 N–H and O–H groups in total. The topological polar surface area (TPSA) is 67.7 Å². The van der Waals surface area contributed by atoms with Crippen molar-refractivity contribution in [3.05, 3.63) is 17.7 Å². The summed E-state index contributed by atoms with van der Waals surface area (Å²) in [6, 6.07) is 0. The van der Waals surface area contributed by atoms with E-state index in [-0.39, 0.29) is 17.7 Å². The van der Waals surface area contributed by atoms with Crippen LogP contribution in [0.2, 0.25) is 0 Å². The quantitative estimate of drug-likeness (QED) is 0.801. The van der Waals surface area contributed by atoms with E-state index in [9.17, 15) is 9.59 Å². The lowest BCUT2D eigenvalue weighted by Gasteiger charge is -2.32. The zero-order chi connectivity index (χ0) is 17.8. The summed E-state index contributed by atoms with van der Waals surface area (Å²) in [5, 5.41) is 0. The molecule has 2 aliphatic rings. The third kappa shape index (κ3) is 3.71. The van der Waals surface area contributed by atoms with E-state index in [0.717, 1.165) is 31.5 Å². The Kier molecular flexibility index (Phi) is 5.73. The van der Waals surface area contributed by atoms with Crippen LogP contribution in [0.15, 0.2) is 6.33 Å². The van der Waals surface area contributed by atoms with Crippen LogP contribution in [0.3, 0.4) is 0 Å². The molecule has 0 saturated carbocycles. The average Bonchev–Trinajstić information content (AvgIpc) is 3.08. The van der Waals surface area contributed by atoms with Crippen LogP contribution >= 0.6 is 0 Å². The minimum Gasteiger partial charge on any atom is -0.378 e. The second-order valence-electron chi connectivity index (χ2n) is 6.75. The number of hydrogen-bond acceptors (Lipinski definition) is 4. The van der Waals surface area contributed by atoms with Crippen LogP contribution in [-0.4, -0.2) is 70.6 Å². The number of fused-ring (bicyclic) bond motifs is 1. The van der Waals surface area contributed by atoms with Crippen molar-refractivity contribution in [1.29, 1.82) is 0 Å². The van der Waals surface area contributed by atoms with Gasteiger partial charge in [0.25, 0.3) is 5.91 Å². The molecule has 0 bridgehead atoms. The van der Waals surface area contributed by atoms with Crippen molar-refractivity contribution in [2.45, 2.75) is 39.7 Å². The van der Waals surface area contributed by atoms with Gasteiger partial charge < -0.3 is 19.1 Å². The predicted octanol–water partition coefficient (Wildman–Crippen LogP) is 1.18. The molecule has 1 unspecified atom stereocenters. The van der Waals surface area contributed by atoms with Gasteiger partial charge in [-0.2, -0.15) is 0 Å². The van der Waals surface area contributed by atoms with E-state index in [1.165, 1.54) is 0 Å². The van der Waals surface area contributed by atoms with Crippen LogP contribution in [0.4, 0.5) is 0 Å². The van der Waals surface area contributed by atoms with E-state index in [1.807, 2.05) is 21.3 Å². The van der Waals surface area contributed by atoms with Gasteiger partial charge >= 0.3 is 0 Å². The molecule has 3 rings (SSSR count). The van der Waals surface area contributed by atoms with Crippen molar-refractivity contribution in [3.63, 3.8) is 0 Å². The van der Waals surface area contributed by atoms with Crippen molar-refractivity contribution in [2.75, 3.05) is 39.4 Å². The van der Waals surface area contributed by atoms with Gasteiger partial charge in [0.15, 0.2) is 0 Å². The highest BCUT2D eigenvalue weighted by Crippen LogP contribution is 2.25. The molecule has 0 radical (unpaired) electrons. The molecule has 1 aromatic rings. The molecular weight excluding hydrogens is 320 g/mol. The number of morpholine rings is 1. The maximum absolute atomic E-state index is 12.7.